The minimum absolute atomic E-state index is 0.0466. The monoisotopic (exact) mass is 516 g/mol. The maximum atomic E-state index is 13.0. The van der Waals surface area contributed by atoms with Crippen molar-refractivity contribution >= 4 is 23.2 Å². The lowest BCUT2D eigenvalue weighted by Crippen LogP contribution is -2.26. The van der Waals surface area contributed by atoms with Crippen LogP contribution in [0.1, 0.15) is 39.4 Å². The van der Waals surface area contributed by atoms with Crippen LogP contribution >= 0.6 is 11.3 Å². The van der Waals surface area contributed by atoms with Gasteiger partial charge in [0.15, 0.2) is 0 Å². The molecule has 4 aromatic rings. The Kier molecular flexibility index (Phi) is 7.37. The zero-order valence-corrected chi connectivity index (χ0v) is 21.4. The molecule has 0 bridgehead atoms. The fourth-order valence-corrected chi connectivity index (χ4v) is 5.31. The number of aromatic nitrogens is 1. The summed E-state index contributed by atoms with van der Waals surface area (Å²) >= 11 is 1.57. The van der Waals surface area contributed by atoms with Crippen molar-refractivity contribution in [2.24, 2.45) is 0 Å². The van der Waals surface area contributed by atoms with Crippen molar-refractivity contribution in [3.05, 3.63) is 93.0 Å². The number of aryl methyl sites for hydroxylation is 2. The van der Waals surface area contributed by atoms with Crippen LogP contribution in [0.3, 0.4) is 0 Å². The topological polar surface area (TPSA) is 92.9 Å². The predicted molar refractivity (Wildman–Crippen MR) is 141 cm³/mol. The molecule has 2 aromatic carbocycles. The summed E-state index contributed by atoms with van der Waals surface area (Å²) < 4.78 is 12.1. The summed E-state index contributed by atoms with van der Waals surface area (Å²) in [6.45, 7) is 3.23. The normalized spacial score (nSPS) is 12.5. The number of ether oxygens (including phenoxy) is 1. The minimum atomic E-state index is -0.837. The van der Waals surface area contributed by atoms with Gasteiger partial charge in [-0.15, -0.1) is 11.3 Å². The molecule has 1 aliphatic heterocycles. The van der Waals surface area contributed by atoms with E-state index in [0.29, 0.717) is 44.8 Å². The Balaban J connectivity index is 1.30. The summed E-state index contributed by atoms with van der Waals surface area (Å²) in [5, 5.41) is 11.2. The van der Waals surface area contributed by atoms with Crippen LogP contribution in [0.15, 0.2) is 64.4 Å². The maximum Gasteiger partial charge on any atom is 0.303 e. The van der Waals surface area contributed by atoms with Gasteiger partial charge in [-0.1, -0.05) is 30.3 Å². The standard InChI is InChI=1S/C29H28N2O5S/c1-19-25(30-29(36-19)21-6-3-2-4-7-21)13-14-35-26-11-9-20(10-12-28(33)34)23-17-31(18-24(23)26)27(32)16-22-8-5-15-37-22/h2-9,11,15H,10,12-14,16-18H2,1H3,(H,33,34). The van der Waals surface area contributed by atoms with Gasteiger partial charge < -0.3 is 19.2 Å². The van der Waals surface area contributed by atoms with E-state index in [-0.39, 0.29) is 12.3 Å². The van der Waals surface area contributed by atoms with Gasteiger partial charge in [-0.3, -0.25) is 9.59 Å². The zero-order valence-electron chi connectivity index (χ0n) is 20.6. The summed E-state index contributed by atoms with van der Waals surface area (Å²) in [6.07, 6.45) is 1.41. The lowest BCUT2D eigenvalue weighted by molar-refractivity contribution is -0.137. The number of hydrogen-bond acceptors (Lipinski definition) is 6. The van der Waals surface area contributed by atoms with Gasteiger partial charge in [-0.25, -0.2) is 4.98 Å². The lowest BCUT2D eigenvalue weighted by Gasteiger charge is -2.15. The molecular formula is C29H28N2O5S. The van der Waals surface area contributed by atoms with E-state index in [1.165, 1.54) is 0 Å². The van der Waals surface area contributed by atoms with E-state index in [9.17, 15) is 14.7 Å². The Morgan fingerprint density at radius 2 is 1.86 bits per heavy atom. The van der Waals surface area contributed by atoms with Crippen LogP contribution in [0, 0.1) is 6.92 Å². The first-order valence-electron chi connectivity index (χ1n) is 12.3. The van der Waals surface area contributed by atoms with Gasteiger partial charge in [0, 0.05) is 35.4 Å². The van der Waals surface area contributed by atoms with E-state index in [0.717, 1.165) is 44.3 Å². The zero-order chi connectivity index (χ0) is 25.8. The second-order valence-corrected chi connectivity index (χ2v) is 10.1. The highest BCUT2D eigenvalue weighted by Gasteiger charge is 2.29. The molecule has 0 radical (unpaired) electrons. The fourth-order valence-electron chi connectivity index (χ4n) is 4.61. The Morgan fingerprint density at radius 3 is 2.62 bits per heavy atom. The van der Waals surface area contributed by atoms with Gasteiger partial charge in [-0.05, 0) is 54.1 Å². The van der Waals surface area contributed by atoms with Crippen molar-refractivity contribution in [2.45, 2.75) is 45.7 Å². The molecule has 0 aliphatic carbocycles. The molecule has 8 heteroatoms. The number of carbonyl (C=O) groups excluding carboxylic acids is 1. The van der Waals surface area contributed by atoms with Crippen molar-refractivity contribution in [3.8, 4) is 17.2 Å². The van der Waals surface area contributed by atoms with Gasteiger partial charge in [0.1, 0.15) is 11.5 Å². The molecule has 0 unspecified atom stereocenters. The molecule has 2 aromatic heterocycles. The molecule has 0 saturated heterocycles. The number of hydrogen-bond donors (Lipinski definition) is 1. The van der Waals surface area contributed by atoms with Gasteiger partial charge >= 0.3 is 5.97 Å². The van der Waals surface area contributed by atoms with Crippen molar-refractivity contribution in [1.29, 1.82) is 0 Å². The van der Waals surface area contributed by atoms with Crippen molar-refractivity contribution in [1.82, 2.24) is 9.88 Å². The Morgan fingerprint density at radius 1 is 1.05 bits per heavy atom. The van der Waals surface area contributed by atoms with Crippen molar-refractivity contribution < 1.29 is 23.8 Å². The first-order chi connectivity index (χ1) is 18.0. The molecule has 190 valence electrons. The minimum Gasteiger partial charge on any atom is -0.493 e. The fraction of sp³-hybridized carbons (Fsp3) is 0.276. The molecular weight excluding hydrogens is 488 g/mol. The molecule has 0 spiro atoms. The van der Waals surface area contributed by atoms with E-state index in [1.807, 2.05) is 71.8 Å². The average Bonchev–Trinajstić information content (AvgIpc) is 3.64. The van der Waals surface area contributed by atoms with Gasteiger partial charge in [-0.2, -0.15) is 0 Å². The third-order valence-corrected chi connectivity index (χ3v) is 7.44. The summed E-state index contributed by atoms with van der Waals surface area (Å²) in [5.74, 6) is 1.31. The largest absolute Gasteiger partial charge is 0.493 e. The number of carboxylic acids is 1. The van der Waals surface area contributed by atoms with Crippen LogP contribution in [-0.2, 0) is 41.9 Å². The van der Waals surface area contributed by atoms with E-state index < -0.39 is 5.97 Å². The smallest absolute Gasteiger partial charge is 0.303 e. The Hall–Kier alpha value is -3.91. The van der Waals surface area contributed by atoms with Crippen LogP contribution in [0.4, 0.5) is 0 Å². The molecule has 1 N–H and O–H groups in total. The highest BCUT2D eigenvalue weighted by atomic mass is 32.1. The molecule has 7 nitrogen and oxygen atoms in total. The molecule has 37 heavy (non-hydrogen) atoms. The number of benzene rings is 2. The maximum absolute atomic E-state index is 13.0. The third-order valence-electron chi connectivity index (χ3n) is 6.56. The van der Waals surface area contributed by atoms with E-state index >= 15 is 0 Å². The average molecular weight is 517 g/mol. The molecule has 5 rings (SSSR count). The van der Waals surface area contributed by atoms with Crippen LogP contribution in [0.5, 0.6) is 5.75 Å². The van der Waals surface area contributed by atoms with Gasteiger partial charge in [0.25, 0.3) is 0 Å². The molecule has 3 heterocycles. The number of carbonyl (C=O) groups is 2. The summed E-state index contributed by atoms with van der Waals surface area (Å²) in [6, 6.07) is 17.5. The molecule has 1 amide bonds. The van der Waals surface area contributed by atoms with Gasteiger partial charge in [0.05, 0.1) is 25.3 Å². The van der Waals surface area contributed by atoms with Crippen LogP contribution in [0.2, 0.25) is 0 Å². The highest BCUT2D eigenvalue weighted by Crippen LogP contribution is 2.35. The third kappa shape index (κ3) is 5.75. The van der Waals surface area contributed by atoms with Crippen molar-refractivity contribution in [2.75, 3.05) is 6.61 Å². The number of nitrogens with zero attached hydrogens (tertiary/aromatic N) is 2. The lowest BCUT2D eigenvalue weighted by atomic mass is 9.99. The quantitative estimate of drug-likeness (QED) is 0.302. The molecule has 0 fully saturated rings. The van der Waals surface area contributed by atoms with Crippen LogP contribution in [-0.4, -0.2) is 33.5 Å². The highest BCUT2D eigenvalue weighted by molar-refractivity contribution is 7.10. The first-order valence-corrected chi connectivity index (χ1v) is 13.2. The van der Waals surface area contributed by atoms with Crippen LogP contribution < -0.4 is 4.74 Å². The number of rotatable bonds is 10. The summed E-state index contributed by atoms with van der Waals surface area (Å²) in [4.78, 5) is 31.7. The second-order valence-electron chi connectivity index (χ2n) is 9.07. The van der Waals surface area contributed by atoms with Crippen LogP contribution in [0.25, 0.3) is 11.5 Å². The van der Waals surface area contributed by atoms with E-state index in [1.54, 1.807) is 11.3 Å². The molecule has 0 atom stereocenters. The first kappa shape index (κ1) is 24.8. The van der Waals surface area contributed by atoms with Crippen molar-refractivity contribution in [3.63, 3.8) is 0 Å². The number of carboxylic acid groups (broad SMARTS) is 1. The number of fused-ring (bicyclic) bond motifs is 1. The van der Waals surface area contributed by atoms with E-state index in [4.69, 9.17) is 9.15 Å². The van der Waals surface area contributed by atoms with E-state index in [2.05, 4.69) is 4.98 Å². The molecule has 0 saturated carbocycles. The van der Waals surface area contributed by atoms with Gasteiger partial charge in [0.2, 0.25) is 11.8 Å². The Labute approximate surface area is 219 Å². The Bertz CT molecular complexity index is 1400. The number of thiophene rings is 1. The number of oxazole rings is 1. The summed E-state index contributed by atoms with van der Waals surface area (Å²) in [7, 11) is 0. The predicted octanol–water partition coefficient (Wildman–Crippen LogP) is 5.44. The summed E-state index contributed by atoms with van der Waals surface area (Å²) in [5.41, 5.74) is 4.70. The molecule has 1 aliphatic rings. The SMILES string of the molecule is Cc1oc(-c2ccccc2)nc1CCOc1ccc(CCC(=O)O)c2c1CN(C(=O)Cc1cccs1)C2. The second kappa shape index (κ2) is 11.0. The number of aliphatic carboxylic acids is 1. The number of amides is 1.